The fraction of sp³-hybridized carbons (Fsp3) is 0.800. The molecular weight excluding hydrogens is 374 g/mol. The van der Waals surface area contributed by atoms with Crippen LogP contribution in [-0.2, 0) is 6.54 Å². The van der Waals surface area contributed by atoms with Gasteiger partial charge in [0.05, 0.1) is 19.6 Å². The van der Waals surface area contributed by atoms with Gasteiger partial charge in [0, 0.05) is 5.56 Å². The Kier molecular flexibility index (Phi) is 18.1. The smallest absolute Gasteiger partial charge is 0.104 e. The number of hydrogen-bond donors (Lipinski definition) is 0. The van der Waals surface area contributed by atoms with E-state index in [4.69, 9.17) is 0 Å². The zero-order valence-corrected chi connectivity index (χ0v) is 21.7. The van der Waals surface area contributed by atoms with Crippen LogP contribution in [0, 0.1) is 0 Å². The lowest BCUT2D eigenvalue weighted by molar-refractivity contribution is -0.941. The van der Waals surface area contributed by atoms with Crippen molar-refractivity contribution in [2.24, 2.45) is 0 Å². The Morgan fingerprint density at radius 2 is 0.839 bits per heavy atom. The van der Waals surface area contributed by atoms with Crippen LogP contribution in [-0.4, -0.2) is 24.1 Å². The molecule has 0 aliphatic rings. The predicted octanol–water partition coefficient (Wildman–Crippen LogP) is 9.69. The normalized spacial score (nSPS) is 11.8. The van der Waals surface area contributed by atoms with Crippen molar-refractivity contribution >= 4 is 0 Å². The van der Waals surface area contributed by atoms with Crippen molar-refractivity contribution in [1.29, 1.82) is 0 Å². The van der Waals surface area contributed by atoms with E-state index < -0.39 is 0 Å². The van der Waals surface area contributed by atoms with Gasteiger partial charge >= 0.3 is 0 Å². The molecule has 0 atom stereocenters. The van der Waals surface area contributed by atoms with Gasteiger partial charge in [0.1, 0.15) is 6.54 Å². The van der Waals surface area contributed by atoms with Gasteiger partial charge in [-0.15, -0.1) is 0 Å². The van der Waals surface area contributed by atoms with E-state index >= 15 is 0 Å². The largest absolute Gasteiger partial charge is 0.320 e. The third kappa shape index (κ3) is 14.8. The fourth-order valence-corrected chi connectivity index (χ4v) is 5.00. The molecule has 180 valence electrons. The summed E-state index contributed by atoms with van der Waals surface area (Å²) in [5.41, 5.74) is 1.53. The zero-order chi connectivity index (χ0) is 22.5. The number of unbranched alkanes of at least 4 members (excludes halogenated alkanes) is 14. The molecule has 0 aromatic heterocycles. The molecule has 0 fully saturated rings. The number of quaternary nitrogens is 1. The monoisotopic (exact) mass is 430 g/mol. The minimum Gasteiger partial charge on any atom is -0.320 e. The van der Waals surface area contributed by atoms with E-state index in [9.17, 15) is 0 Å². The highest BCUT2D eigenvalue weighted by Gasteiger charge is 2.26. The predicted molar refractivity (Wildman–Crippen MR) is 141 cm³/mol. The second-order valence-corrected chi connectivity index (χ2v) is 10.1. The SMILES string of the molecule is CCCCCCCCCCCCCCC[N+](CCCC)(CCCC)Cc1ccccc1. The van der Waals surface area contributed by atoms with Crippen LogP contribution in [0.1, 0.15) is 135 Å². The molecule has 0 aliphatic heterocycles. The summed E-state index contributed by atoms with van der Waals surface area (Å²) < 4.78 is 1.32. The van der Waals surface area contributed by atoms with Gasteiger partial charge in [-0.05, 0) is 25.7 Å². The van der Waals surface area contributed by atoms with Gasteiger partial charge in [0.2, 0.25) is 0 Å². The van der Waals surface area contributed by atoms with Crippen LogP contribution in [0.4, 0.5) is 0 Å². The molecule has 0 aliphatic carbocycles. The summed E-state index contributed by atoms with van der Waals surface area (Å²) in [7, 11) is 0. The molecule has 0 spiro atoms. The highest BCUT2D eigenvalue weighted by Crippen LogP contribution is 2.21. The van der Waals surface area contributed by atoms with Gasteiger partial charge in [-0.3, -0.25) is 0 Å². The molecule has 31 heavy (non-hydrogen) atoms. The standard InChI is InChI=1S/C30H56N/c1-4-7-10-11-12-13-14-15-16-17-18-19-23-28-31(26-8-5-2,27-9-6-3)29-30-24-21-20-22-25-30/h20-22,24-25H,4-19,23,26-29H2,1-3H3/q+1. The number of rotatable bonds is 22. The number of benzene rings is 1. The third-order valence-electron chi connectivity index (χ3n) is 7.07. The number of hydrogen-bond acceptors (Lipinski definition) is 0. The first-order valence-electron chi connectivity index (χ1n) is 14.2. The summed E-state index contributed by atoms with van der Waals surface area (Å²) in [6.45, 7) is 12.3. The minimum absolute atomic E-state index is 1.24. The van der Waals surface area contributed by atoms with Crippen LogP contribution in [0.25, 0.3) is 0 Å². The highest BCUT2D eigenvalue weighted by atomic mass is 15.3. The molecule has 0 saturated heterocycles. The summed E-state index contributed by atoms with van der Waals surface area (Å²) in [5.74, 6) is 0. The lowest BCUT2D eigenvalue weighted by Gasteiger charge is -2.39. The van der Waals surface area contributed by atoms with E-state index in [0.29, 0.717) is 0 Å². The van der Waals surface area contributed by atoms with Crippen molar-refractivity contribution in [2.45, 2.75) is 136 Å². The summed E-state index contributed by atoms with van der Waals surface area (Å²) >= 11 is 0. The minimum atomic E-state index is 1.24. The third-order valence-corrected chi connectivity index (χ3v) is 7.07. The van der Waals surface area contributed by atoms with Crippen molar-refractivity contribution in [3.63, 3.8) is 0 Å². The molecule has 0 saturated carbocycles. The van der Waals surface area contributed by atoms with E-state index in [1.54, 1.807) is 0 Å². The molecule has 0 amide bonds. The maximum absolute atomic E-state index is 2.35. The molecule has 1 aromatic rings. The van der Waals surface area contributed by atoms with Crippen molar-refractivity contribution in [1.82, 2.24) is 0 Å². The maximum Gasteiger partial charge on any atom is 0.104 e. The second-order valence-electron chi connectivity index (χ2n) is 10.1. The molecule has 1 aromatic carbocycles. The summed E-state index contributed by atoms with van der Waals surface area (Å²) in [4.78, 5) is 0. The molecule has 0 unspecified atom stereocenters. The fourth-order valence-electron chi connectivity index (χ4n) is 5.00. The van der Waals surface area contributed by atoms with E-state index in [0.717, 1.165) is 0 Å². The summed E-state index contributed by atoms with van der Waals surface area (Å²) in [5, 5.41) is 0. The first-order chi connectivity index (χ1) is 15.3. The van der Waals surface area contributed by atoms with Gasteiger partial charge in [0.15, 0.2) is 0 Å². The molecule has 0 N–H and O–H groups in total. The lowest BCUT2D eigenvalue weighted by Crippen LogP contribution is -2.49. The molecule has 1 nitrogen and oxygen atoms in total. The van der Waals surface area contributed by atoms with Crippen LogP contribution in [0.5, 0.6) is 0 Å². The first-order valence-corrected chi connectivity index (χ1v) is 14.2. The van der Waals surface area contributed by atoms with Gasteiger partial charge in [-0.1, -0.05) is 135 Å². The van der Waals surface area contributed by atoms with E-state index in [1.165, 1.54) is 145 Å². The first kappa shape index (κ1) is 28.2. The molecule has 1 rings (SSSR count). The van der Waals surface area contributed by atoms with Crippen molar-refractivity contribution < 1.29 is 4.48 Å². The second kappa shape index (κ2) is 19.8. The average Bonchev–Trinajstić information content (AvgIpc) is 2.80. The lowest BCUT2D eigenvalue weighted by atomic mass is 10.0. The van der Waals surface area contributed by atoms with Gasteiger partial charge in [-0.2, -0.15) is 0 Å². The highest BCUT2D eigenvalue weighted by molar-refractivity contribution is 5.13. The van der Waals surface area contributed by atoms with Crippen LogP contribution in [0.3, 0.4) is 0 Å². The molecule has 0 bridgehead atoms. The summed E-state index contributed by atoms with van der Waals surface area (Å²) in [6, 6.07) is 11.3. The van der Waals surface area contributed by atoms with Gasteiger partial charge < -0.3 is 4.48 Å². The zero-order valence-electron chi connectivity index (χ0n) is 21.7. The van der Waals surface area contributed by atoms with E-state index in [1.807, 2.05) is 0 Å². The Balaban J connectivity index is 2.28. The Morgan fingerprint density at radius 3 is 1.29 bits per heavy atom. The maximum atomic E-state index is 2.35. The van der Waals surface area contributed by atoms with Crippen molar-refractivity contribution in [3.05, 3.63) is 35.9 Å². The Bertz CT molecular complexity index is 472. The molecule has 0 radical (unpaired) electrons. The summed E-state index contributed by atoms with van der Waals surface area (Å²) in [6.07, 6.45) is 24.2. The molecule has 1 heteroatoms. The molecule has 0 heterocycles. The number of nitrogens with zero attached hydrogens (tertiary/aromatic N) is 1. The topological polar surface area (TPSA) is 0 Å². The Morgan fingerprint density at radius 1 is 0.452 bits per heavy atom. The quantitative estimate of drug-likeness (QED) is 0.127. The van der Waals surface area contributed by atoms with Crippen LogP contribution in [0.2, 0.25) is 0 Å². The molecular formula is C30H56N+. The van der Waals surface area contributed by atoms with E-state index in [2.05, 4.69) is 51.1 Å². The van der Waals surface area contributed by atoms with E-state index in [-0.39, 0.29) is 0 Å². The van der Waals surface area contributed by atoms with Crippen molar-refractivity contribution in [2.75, 3.05) is 19.6 Å². The van der Waals surface area contributed by atoms with Gasteiger partial charge in [-0.25, -0.2) is 0 Å². The Hall–Kier alpha value is -0.820. The van der Waals surface area contributed by atoms with Gasteiger partial charge in [0.25, 0.3) is 0 Å². The van der Waals surface area contributed by atoms with Crippen LogP contribution < -0.4 is 0 Å². The van der Waals surface area contributed by atoms with Crippen LogP contribution >= 0.6 is 0 Å². The van der Waals surface area contributed by atoms with Crippen molar-refractivity contribution in [3.8, 4) is 0 Å². The average molecular weight is 431 g/mol. The Labute approximate surface area is 196 Å². The van der Waals surface area contributed by atoms with Crippen LogP contribution in [0.15, 0.2) is 30.3 Å².